The third-order valence-corrected chi connectivity index (χ3v) is 5.83. The van der Waals surface area contributed by atoms with E-state index in [0.29, 0.717) is 10.6 Å². The minimum Gasteiger partial charge on any atom is -0.303 e. The van der Waals surface area contributed by atoms with E-state index >= 15 is 0 Å². The Morgan fingerprint density at radius 3 is 2.42 bits per heavy atom. The van der Waals surface area contributed by atoms with Gasteiger partial charge in [0, 0.05) is 18.8 Å². The number of para-hydroxylation sites is 1. The van der Waals surface area contributed by atoms with Crippen LogP contribution < -0.4 is 4.72 Å². The first-order valence-electron chi connectivity index (χ1n) is 8.50. The predicted octanol–water partition coefficient (Wildman–Crippen LogP) is 3.30. The van der Waals surface area contributed by atoms with Gasteiger partial charge in [0.25, 0.3) is 10.0 Å². The second-order valence-corrected chi connectivity index (χ2v) is 7.93. The van der Waals surface area contributed by atoms with E-state index in [-0.39, 0.29) is 0 Å². The van der Waals surface area contributed by atoms with Crippen molar-refractivity contribution >= 4 is 15.7 Å². The van der Waals surface area contributed by atoms with Crippen molar-refractivity contribution in [2.45, 2.75) is 31.1 Å². The lowest BCUT2D eigenvalue weighted by Crippen LogP contribution is -2.27. The van der Waals surface area contributed by atoms with Crippen LogP contribution in [0.25, 0.3) is 0 Å². The Morgan fingerprint density at radius 2 is 1.71 bits per heavy atom. The fourth-order valence-corrected chi connectivity index (χ4v) is 4.28. The van der Waals surface area contributed by atoms with E-state index in [2.05, 4.69) is 16.5 Å². The van der Waals surface area contributed by atoms with Gasteiger partial charge in [-0.05, 0) is 61.2 Å². The summed E-state index contributed by atoms with van der Waals surface area (Å²) in [4.78, 5) is 2.80. The van der Waals surface area contributed by atoms with E-state index < -0.39 is 10.0 Å². The molecule has 1 N–H and O–H groups in total. The van der Waals surface area contributed by atoms with Gasteiger partial charge in [0.2, 0.25) is 0 Å². The summed E-state index contributed by atoms with van der Waals surface area (Å²) in [5.74, 6) is 0. The molecule has 0 saturated heterocycles. The number of rotatable bonds is 5. The average molecular weight is 344 g/mol. The lowest BCUT2D eigenvalue weighted by molar-refractivity contribution is 0.288. The predicted molar refractivity (Wildman–Crippen MR) is 97.8 cm³/mol. The van der Waals surface area contributed by atoms with Gasteiger partial charge in [0.05, 0.1) is 4.90 Å². The molecule has 0 spiro atoms. The molecule has 0 unspecified atom stereocenters. The molecule has 0 aromatic heterocycles. The molecule has 1 aliphatic rings. The zero-order valence-electron chi connectivity index (χ0n) is 14.0. The minimum atomic E-state index is -3.55. The van der Waals surface area contributed by atoms with Crippen molar-refractivity contribution in [3.63, 3.8) is 0 Å². The molecule has 0 amide bonds. The summed E-state index contributed by atoms with van der Waals surface area (Å²) in [5, 5.41) is 0. The molecular formula is C19H24N2O2S. The summed E-state index contributed by atoms with van der Waals surface area (Å²) in [5.41, 5.74) is 3.01. The largest absolute Gasteiger partial charge is 0.303 e. The normalized spacial score (nSPS) is 15.5. The Balaban J connectivity index is 1.81. The van der Waals surface area contributed by atoms with Crippen LogP contribution in [0.5, 0.6) is 0 Å². The summed E-state index contributed by atoms with van der Waals surface area (Å²) in [6.07, 6.45) is 3.04. The fourth-order valence-electron chi connectivity index (χ4n) is 3.18. The molecule has 3 rings (SSSR count). The van der Waals surface area contributed by atoms with Crippen LogP contribution in [0.2, 0.25) is 0 Å². The van der Waals surface area contributed by atoms with Crippen molar-refractivity contribution in [3.05, 3.63) is 59.7 Å². The van der Waals surface area contributed by atoms with Crippen LogP contribution in [0.1, 0.15) is 24.5 Å². The van der Waals surface area contributed by atoms with Gasteiger partial charge < -0.3 is 4.90 Å². The number of nitrogens with zero attached hydrogens (tertiary/aromatic N) is 1. The molecule has 5 heteroatoms. The summed E-state index contributed by atoms with van der Waals surface area (Å²) >= 11 is 0. The maximum Gasteiger partial charge on any atom is 0.261 e. The number of hydrogen-bond acceptors (Lipinski definition) is 3. The van der Waals surface area contributed by atoms with E-state index in [1.165, 1.54) is 5.56 Å². The van der Waals surface area contributed by atoms with Gasteiger partial charge in [0.15, 0.2) is 0 Å². The number of fused-ring (bicyclic) bond motifs is 1. The molecule has 2 aromatic carbocycles. The summed E-state index contributed by atoms with van der Waals surface area (Å²) in [7, 11) is -3.55. The minimum absolute atomic E-state index is 0.342. The van der Waals surface area contributed by atoms with E-state index in [1.54, 1.807) is 18.2 Å². The first kappa shape index (κ1) is 17.0. The highest BCUT2D eigenvalue weighted by atomic mass is 32.2. The number of benzene rings is 2. The second kappa shape index (κ2) is 7.36. The first-order valence-corrected chi connectivity index (χ1v) is 9.99. The molecule has 0 bridgehead atoms. The smallest absolute Gasteiger partial charge is 0.261 e. The maximum absolute atomic E-state index is 12.6. The third kappa shape index (κ3) is 3.97. The molecule has 1 aliphatic heterocycles. The lowest BCUT2D eigenvalue weighted by atomic mass is 10.0. The number of anilines is 1. The average Bonchev–Trinajstić information content (AvgIpc) is 2.78. The molecule has 24 heavy (non-hydrogen) atoms. The van der Waals surface area contributed by atoms with Gasteiger partial charge in [-0.3, -0.25) is 4.72 Å². The van der Waals surface area contributed by atoms with Gasteiger partial charge in [-0.1, -0.05) is 31.2 Å². The lowest BCUT2D eigenvalue weighted by Gasteiger charge is -2.18. The van der Waals surface area contributed by atoms with Crippen molar-refractivity contribution in [1.82, 2.24) is 4.90 Å². The molecule has 0 radical (unpaired) electrons. The zero-order valence-corrected chi connectivity index (χ0v) is 14.8. The Labute approximate surface area is 144 Å². The number of hydrogen-bond donors (Lipinski definition) is 1. The topological polar surface area (TPSA) is 49.4 Å². The highest BCUT2D eigenvalue weighted by molar-refractivity contribution is 7.92. The van der Waals surface area contributed by atoms with E-state index in [9.17, 15) is 8.42 Å². The number of nitrogens with one attached hydrogen (secondary N) is 1. The standard InChI is InChI=1S/C19H24N2O2S/c1-2-12-21-13-10-16-8-9-19(15-17(16)11-14-21)24(22,23)20-18-6-4-3-5-7-18/h3-9,15,20H,2,10-14H2,1H3. The molecule has 128 valence electrons. The van der Waals surface area contributed by atoms with Crippen molar-refractivity contribution in [2.75, 3.05) is 24.4 Å². The molecule has 0 fully saturated rings. The maximum atomic E-state index is 12.6. The monoisotopic (exact) mass is 344 g/mol. The summed E-state index contributed by atoms with van der Waals surface area (Å²) in [6.45, 7) is 5.35. The van der Waals surface area contributed by atoms with Gasteiger partial charge in [-0.2, -0.15) is 0 Å². The highest BCUT2D eigenvalue weighted by Crippen LogP contribution is 2.22. The van der Waals surface area contributed by atoms with Crippen molar-refractivity contribution in [2.24, 2.45) is 0 Å². The summed E-state index contributed by atoms with van der Waals surface area (Å²) < 4.78 is 27.9. The van der Waals surface area contributed by atoms with E-state index in [4.69, 9.17) is 0 Å². The van der Waals surface area contributed by atoms with Crippen LogP contribution in [0.4, 0.5) is 5.69 Å². The number of sulfonamides is 1. The van der Waals surface area contributed by atoms with Crippen LogP contribution in [0, 0.1) is 0 Å². The van der Waals surface area contributed by atoms with Crippen molar-refractivity contribution in [3.8, 4) is 0 Å². The van der Waals surface area contributed by atoms with Crippen LogP contribution >= 0.6 is 0 Å². The molecule has 0 saturated carbocycles. The molecule has 2 aromatic rings. The second-order valence-electron chi connectivity index (χ2n) is 6.24. The first-order chi connectivity index (χ1) is 11.6. The van der Waals surface area contributed by atoms with E-state index in [0.717, 1.165) is 44.5 Å². The Hall–Kier alpha value is -1.85. The fraction of sp³-hybridized carbons (Fsp3) is 0.368. The van der Waals surface area contributed by atoms with Crippen molar-refractivity contribution in [1.29, 1.82) is 0 Å². The quantitative estimate of drug-likeness (QED) is 0.905. The highest BCUT2D eigenvalue weighted by Gasteiger charge is 2.19. The Kier molecular flexibility index (Phi) is 5.21. The van der Waals surface area contributed by atoms with E-state index in [1.807, 2.05) is 30.3 Å². The molecule has 0 aliphatic carbocycles. The third-order valence-electron chi connectivity index (χ3n) is 4.45. The van der Waals surface area contributed by atoms with Crippen LogP contribution in [-0.2, 0) is 22.9 Å². The Bertz CT molecular complexity index is 788. The summed E-state index contributed by atoms with van der Waals surface area (Å²) in [6, 6.07) is 14.5. The van der Waals surface area contributed by atoms with Gasteiger partial charge in [-0.15, -0.1) is 0 Å². The molecule has 4 nitrogen and oxygen atoms in total. The van der Waals surface area contributed by atoms with Crippen LogP contribution in [-0.4, -0.2) is 33.0 Å². The molecule has 0 atom stereocenters. The zero-order chi connectivity index (χ0) is 17.0. The van der Waals surface area contributed by atoms with Crippen LogP contribution in [0.3, 0.4) is 0 Å². The van der Waals surface area contributed by atoms with Crippen molar-refractivity contribution < 1.29 is 8.42 Å². The molecule has 1 heterocycles. The molecular weight excluding hydrogens is 320 g/mol. The van der Waals surface area contributed by atoms with Crippen LogP contribution in [0.15, 0.2) is 53.4 Å². The Morgan fingerprint density at radius 1 is 1.00 bits per heavy atom. The van der Waals surface area contributed by atoms with Gasteiger partial charge in [-0.25, -0.2) is 8.42 Å². The van der Waals surface area contributed by atoms with Gasteiger partial charge in [0.1, 0.15) is 0 Å². The SMILES string of the molecule is CCCN1CCc2ccc(S(=O)(=O)Nc3ccccc3)cc2CC1. The van der Waals surface area contributed by atoms with Gasteiger partial charge >= 0.3 is 0 Å².